The van der Waals surface area contributed by atoms with Crippen molar-refractivity contribution in [2.24, 2.45) is 0 Å². The van der Waals surface area contributed by atoms with Crippen LogP contribution in [-0.2, 0) is 16.0 Å². The lowest BCUT2D eigenvalue weighted by molar-refractivity contribution is 0.0204. The molecule has 0 aliphatic rings. The van der Waals surface area contributed by atoms with Gasteiger partial charge in [0.1, 0.15) is 17.4 Å². The Morgan fingerprint density at radius 2 is 2.13 bits per heavy atom. The Morgan fingerprint density at radius 3 is 2.70 bits per heavy atom. The molecule has 128 valence electrons. The number of nitriles is 1. The standard InChI is InChI=1S/C16H25N3O4/c1-16(2,3)23-15(20)19(9-10-21-4)8-7-18-12-14-6-5-13(11-17)22-14/h5-6,18H,7-10,12H2,1-4H3. The number of hydrogen-bond donors (Lipinski definition) is 1. The lowest BCUT2D eigenvalue weighted by Gasteiger charge is -2.27. The van der Waals surface area contributed by atoms with Gasteiger partial charge in [0.2, 0.25) is 5.76 Å². The summed E-state index contributed by atoms with van der Waals surface area (Å²) < 4.78 is 15.7. The Morgan fingerprint density at radius 1 is 1.39 bits per heavy atom. The van der Waals surface area contributed by atoms with Gasteiger partial charge in [-0.2, -0.15) is 5.26 Å². The summed E-state index contributed by atoms with van der Waals surface area (Å²) in [7, 11) is 1.59. The fourth-order valence-corrected chi connectivity index (χ4v) is 1.78. The fraction of sp³-hybridized carbons (Fsp3) is 0.625. The number of carbonyl (C=O) groups is 1. The molecule has 0 aromatic carbocycles. The second-order valence-corrected chi connectivity index (χ2v) is 6.01. The zero-order valence-electron chi connectivity index (χ0n) is 14.2. The molecular weight excluding hydrogens is 298 g/mol. The molecule has 1 aromatic heterocycles. The normalized spacial score (nSPS) is 11.1. The zero-order valence-corrected chi connectivity index (χ0v) is 14.2. The zero-order chi connectivity index (χ0) is 17.3. The van der Waals surface area contributed by atoms with Crippen molar-refractivity contribution in [2.45, 2.75) is 32.9 Å². The van der Waals surface area contributed by atoms with E-state index in [4.69, 9.17) is 19.2 Å². The lowest BCUT2D eigenvalue weighted by atomic mass is 10.2. The molecule has 0 atom stereocenters. The summed E-state index contributed by atoms with van der Waals surface area (Å²) in [5.41, 5.74) is -0.530. The summed E-state index contributed by atoms with van der Waals surface area (Å²) in [4.78, 5) is 13.7. The van der Waals surface area contributed by atoms with Crippen molar-refractivity contribution in [3.05, 3.63) is 23.7 Å². The van der Waals surface area contributed by atoms with Crippen LogP contribution in [0.25, 0.3) is 0 Å². The molecular formula is C16H25N3O4. The van der Waals surface area contributed by atoms with Crippen LogP contribution < -0.4 is 5.32 Å². The fourth-order valence-electron chi connectivity index (χ4n) is 1.78. The van der Waals surface area contributed by atoms with Crippen molar-refractivity contribution in [3.63, 3.8) is 0 Å². The molecule has 0 fully saturated rings. The van der Waals surface area contributed by atoms with E-state index in [0.29, 0.717) is 38.5 Å². The third-order valence-corrected chi connectivity index (χ3v) is 2.85. The average molecular weight is 323 g/mol. The van der Waals surface area contributed by atoms with Crippen LogP contribution in [0.1, 0.15) is 32.3 Å². The van der Waals surface area contributed by atoms with Crippen LogP contribution in [0, 0.1) is 11.3 Å². The summed E-state index contributed by atoms with van der Waals surface area (Å²) in [5, 5.41) is 11.9. The lowest BCUT2D eigenvalue weighted by Crippen LogP contribution is -2.42. The van der Waals surface area contributed by atoms with E-state index in [-0.39, 0.29) is 11.9 Å². The summed E-state index contributed by atoms with van der Waals surface area (Å²) in [6.45, 7) is 7.98. The average Bonchev–Trinajstić information content (AvgIpc) is 2.92. The number of amides is 1. The van der Waals surface area contributed by atoms with Gasteiger partial charge in [0.05, 0.1) is 13.2 Å². The van der Waals surface area contributed by atoms with Gasteiger partial charge < -0.3 is 24.1 Å². The Kier molecular flexibility index (Phi) is 7.59. The maximum absolute atomic E-state index is 12.1. The van der Waals surface area contributed by atoms with Crippen LogP contribution in [0.3, 0.4) is 0 Å². The summed E-state index contributed by atoms with van der Waals surface area (Å²) in [5.74, 6) is 0.972. The molecule has 1 amide bonds. The number of furan rings is 1. The van der Waals surface area contributed by atoms with E-state index in [1.807, 2.05) is 26.8 Å². The molecule has 0 radical (unpaired) electrons. The summed E-state index contributed by atoms with van der Waals surface area (Å²) in [6, 6.07) is 5.32. The molecule has 0 saturated heterocycles. The minimum Gasteiger partial charge on any atom is -0.449 e. The van der Waals surface area contributed by atoms with E-state index >= 15 is 0 Å². The van der Waals surface area contributed by atoms with E-state index in [9.17, 15) is 4.79 Å². The third kappa shape index (κ3) is 7.68. The highest BCUT2D eigenvalue weighted by Gasteiger charge is 2.21. The van der Waals surface area contributed by atoms with Crippen LogP contribution >= 0.6 is 0 Å². The van der Waals surface area contributed by atoms with Gasteiger partial charge in [-0.3, -0.25) is 0 Å². The van der Waals surface area contributed by atoms with Gasteiger partial charge >= 0.3 is 6.09 Å². The van der Waals surface area contributed by atoms with Crippen molar-refractivity contribution in [1.82, 2.24) is 10.2 Å². The van der Waals surface area contributed by atoms with Crippen LogP contribution in [0.2, 0.25) is 0 Å². The first-order chi connectivity index (χ1) is 10.9. The number of carbonyl (C=O) groups excluding carboxylic acids is 1. The van der Waals surface area contributed by atoms with Crippen molar-refractivity contribution in [1.29, 1.82) is 5.26 Å². The summed E-state index contributed by atoms with van der Waals surface area (Å²) in [6.07, 6.45) is -0.360. The Labute approximate surface area is 137 Å². The molecule has 1 aromatic rings. The van der Waals surface area contributed by atoms with Crippen LogP contribution in [0.5, 0.6) is 0 Å². The van der Waals surface area contributed by atoms with Gasteiger partial charge in [-0.25, -0.2) is 4.79 Å². The topological polar surface area (TPSA) is 87.7 Å². The summed E-state index contributed by atoms with van der Waals surface area (Å²) >= 11 is 0. The van der Waals surface area contributed by atoms with E-state index < -0.39 is 5.60 Å². The van der Waals surface area contributed by atoms with Gasteiger partial charge in [0.15, 0.2) is 0 Å². The largest absolute Gasteiger partial charge is 0.449 e. The number of nitrogens with one attached hydrogen (secondary N) is 1. The highest BCUT2D eigenvalue weighted by Crippen LogP contribution is 2.10. The minimum absolute atomic E-state index is 0.289. The number of methoxy groups -OCH3 is 1. The Balaban J connectivity index is 2.41. The molecule has 7 heteroatoms. The third-order valence-electron chi connectivity index (χ3n) is 2.85. The quantitative estimate of drug-likeness (QED) is 0.737. The Hall–Kier alpha value is -2.04. The molecule has 0 aliphatic heterocycles. The molecule has 0 bridgehead atoms. The van der Waals surface area contributed by atoms with E-state index in [1.165, 1.54) is 0 Å². The highest BCUT2D eigenvalue weighted by atomic mass is 16.6. The highest BCUT2D eigenvalue weighted by molar-refractivity contribution is 5.68. The predicted octanol–water partition coefficient (Wildman–Crippen LogP) is 2.12. The first kappa shape index (κ1) is 19.0. The maximum atomic E-state index is 12.1. The first-order valence-corrected chi connectivity index (χ1v) is 7.52. The smallest absolute Gasteiger partial charge is 0.410 e. The minimum atomic E-state index is -0.530. The molecule has 0 spiro atoms. The van der Waals surface area contributed by atoms with Crippen molar-refractivity contribution < 1.29 is 18.7 Å². The number of nitrogens with zero attached hydrogens (tertiary/aromatic N) is 2. The van der Waals surface area contributed by atoms with Gasteiger partial charge in [-0.05, 0) is 32.9 Å². The van der Waals surface area contributed by atoms with Crippen molar-refractivity contribution in [3.8, 4) is 6.07 Å². The first-order valence-electron chi connectivity index (χ1n) is 7.52. The van der Waals surface area contributed by atoms with Crippen LogP contribution in [-0.4, -0.2) is 49.9 Å². The van der Waals surface area contributed by atoms with E-state index in [1.54, 1.807) is 24.1 Å². The molecule has 7 nitrogen and oxygen atoms in total. The molecule has 23 heavy (non-hydrogen) atoms. The van der Waals surface area contributed by atoms with Gasteiger partial charge in [-0.1, -0.05) is 0 Å². The van der Waals surface area contributed by atoms with Gasteiger partial charge in [-0.15, -0.1) is 0 Å². The predicted molar refractivity (Wildman–Crippen MR) is 84.8 cm³/mol. The van der Waals surface area contributed by atoms with Crippen molar-refractivity contribution >= 4 is 6.09 Å². The Bertz CT molecular complexity index is 528. The van der Waals surface area contributed by atoms with E-state index in [0.717, 1.165) is 0 Å². The van der Waals surface area contributed by atoms with Gasteiger partial charge in [0, 0.05) is 26.7 Å². The maximum Gasteiger partial charge on any atom is 0.410 e. The van der Waals surface area contributed by atoms with Crippen LogP contribution in [0.4, 0.5) is 4.79 Å². The second kappa shape index (κ2) is 9.18. The van der Waals surface area contributed by atoms with Crippen molar-refractivity contribution in [2.75, 3.05) is 33.4 Å². The molecule has 1 heterocycles. The second-order valence-electron chi connectivity index (χ2n) is 6.01. The monoisotopic (exact) mass is 323 g/mol. The van der Waals surface area contributed by atoms with Crippen LogP contribution in [0.15, 0.2) is 16.5 Å². The number of ether oxygens (including phenoxy) is 2. The molecule has 0 saturated carbocycles. The molecule has 0 aliphatic carbocycles. The molecule has 1 rings (SSSR count). The SMILES string of the molecule is COCCN(CCNCc1ccc(C#N)o1)C(=O)OC(C)(C)C. The van der Waals surface area contributed by atoms with Gasteiger partial charge in [0.25, 0.3) is 0 Å². The number of rotatable bonds is 8. The number of hydrogen-bond acceptors (Lipinski definition) is 6. The molecule has 1 N–H and O–H groups in total. The van der Waals surface area contributed by atoms with E-state index in [2.05, 4.69) is 5.32 Å². The molecule has 0 unspecified atom stereocenters.